The van der Waals surface area contributed by atoms with Gasteiger partial charge in [0.2, 0.25) is 5.91 Å². The molecule has 0 heterocycles. The van der Waals surface area contributed by atoms with Crippen LogP contribution in [0.25, 0.3) is 0 Å². The molecule has 0 saturated heterocycles. The Bertz CT molecular complexity index is 1230. The Morgan fingerprint density at radius 1 is 0.944 bits per heavy atom. The number of carbonyl (C=O) groups excluding carboxylic acids is 1. The van der Waals surface area contributed by atoms with Gasteiger partial charge in [0.1, 0.15) is 18.0 Å². The molecule has 0 radical (unpaired) electrons. The van der Waals surface area contributed by atoms with Crippen LogP contribution in [0.2, 0.25) is 0 Å². The summed E-state index contributed by atoms with van der Waals surface area (Å²) in [5.74, 6) is 1.00. The van der Waals surface area contributed by atoms with Gasteiger partial charge >= 0.3 is 0 Å². The van der Waals surface area contributed by atoms with Crippen LogP contribution >= 0.6 is 0 Å². The van der Waals surface area contributed by atoms with Gasteiger partial charge in [-0.15, -0.1) is 0 Å². The first kappa shape index (κ1) is 27.1. The summed E-state index contributed by atoms with van der Waals surface area (Å²) in [6.07, 6.45) is 0.693. The highest BCUT2D eigenvalue weighted by molar-refractivity contribution is 7.92. The third-order valence-electron chi connectivity index (χ3n) is 5.61. The van der Waals surface area contributed by atoms with E-state index in [1.165, 1.54) is 12.1 Å². The van der Waals surface area contributed by atoms with Crippen molar-refractivity contribution in [3.05, 3.63) is 84.4 Å². The average molecular weight is 511 g/mol. The minimum atomic E-state index is -4.05. The van der Waals surface area contributed by atoms with E-state index in [4.69, 9.17) is 9.47 Å². The predicted octanol–water partition coefficient (Wildman–Crippen LogP) is 5.19. The molecule has 0 saturated carbocycles. The van der Waals surface area contributed by atoms with E-state index in [1.807, 2.05) is 31.2 Å². The first-order valence-corrected chi connectivity index (χ1v) is 13.4. The molecule has 7 nitrogen and oxygen atoms in total. The Morgan fingerprint density at radius 2 is 1.58 bits per heavy atom. The first-order valence-electron chi connectivity index (χ1n) is 12.0. The molecular weight excluding hydrogens is 476 g/mol. The number of nitrogens with one attached hydrogen (secondary N) is 1. The fourth-order valence-electron chi connectivity index (χ4n) is 3.92. The second-order valence-corrected chi connectivity index (χ2v) is 10.6. The number of amides is 1. The van der Waals surface area contributed by atoms with Gasteiger partial charge < -0.3 is 14.8 Å². The standard InChI is InChI=1S/C28H34N2O5S/c1-5-35-27-14-10-9-13-26(27)30(36(32,33)24-11-7-6-8-12-24)20-28(31)29-25(19-21(2)3)22-15-17-23(34-4)18-16-22/h6-18,21,25H,5,19-20H2,1-4H3,(H,29,31)/t25-/m1/s1. The van der Waals surface area contributed by atoms with E-state index in [1.54, 1.807) is 49.6 Å². The zero-order valence-corrected chi connectivity index (χ0v) is 22.0. The molecule has 1 amide bonds. The fourth-order valence-corrected chi connectivity index (χ4v) is 5.37. The monoisotopic (exact) mass is 510 g/mol. The minimum absolute atomic E-state index is 0.0954. The molecule has 0 unspecified atom stereocenters. The van der Waals surface area contributed by atoms with Crippen LogP contribution in [0.1, 0.15) is 38.8 Å². The number of rotatable bonds is 12. The fraction of sp³-hybridized carbons (Fsp3) is 0.321. The maximum atomic E-state index is 13.7. The van der Waals surface area contributed by atoms with Gasteiger partial charge in [0.25, 0.3) is 10.0 Å². The van der Waals surface area contributed by atoms with Crippen LogP contribution in [0.3, 0.4) is 0 Å². The second-order valence-electron chi connectivity index (χ2n) is 8.75. The topological polar surface area (TPSA) is 84.9 Å². The van der Waals surface area contributed by atoms with Crippen LogP contribution in [0, 0.1) is 5.92 Å². The summed E-state index contributed by atoms with van der Waals surface area (Å²) in [7, 11) is -2.45. The van der Waals surface area contributed by atoms with Crippen LogP contribution < -0.4 is 19.1 Å². The summed E-state index contributed by atoms with van der Waals surface area (Å²) >= 11 is 0. The molecule has 0 aliphatic carbocycles. The summed E-state index contributed by atoms with van der Waals surface area (Å²) < 4.78 is 39.5. The lowest BCUT2D eigenvalue weighted by Crippen LogP contribution is -2.42. The molecule has 36 heavy (non-hydrogen) atoms. The summed E-state index contributed by atoms with van der Waals surface area (Å²) in [4.78, 5) is 13.5. The van der Waals surface area contributed by atoms with E-state index >= 15 is 0 Å². The summed E-state index contributed by atoms with van der Waals surface area (Å²) in [6, 6.07) is 22.2. The highest BCUT2D eigenvalue weighted by Crippen LogP contribution is 2.32. The summed E-state index contributed by atoms with van der Waals surface area (Å²) in [5.41, 5.74) is 1.23. The van der Waals surface area contributed by atoms with Crippen molar-refractivity contribution in [1.29, 1.82) is 0 Å². The number of hydrogen-bond acceptors (Lipinski definition) is 5. The Morgan fingerprint density at radius 3 is 2.19 bits per heavy atom. The van der Waals surface area contributed by atoms with Crippen molar-refractivity contribution in [1.82, 2.24) is 5.32 Å². The van der Waals surface area contributed by atoms with Gasteiger partial charge in [-0.3, -0.25) is 9.10 Å². The number of nitrogens with zero attached hydrogens (tertiary/aromatic N) is 1. The van der Waals surface area contributed by atoms with Crippen LogP contribution in [0.4, 0.5) is 5.69 Å². The van der Waals surface area contributed by atoms with E-state index < -0.39 is 22.5 Å². The van der Waals surface area contributed by atoms with E-state index in [-0.39, 0.29) is 10.9 Å². The smallest absolute Gasteiger partial charge is 0.264 e. The van der Waals surface area contributed by atoms with Crippen molar-refractivity contribution >= 4 is 21.6 Å². The SMILES string of the molecule is CCOc1ccccc1N(CC(=O)N[C@H](CC(C)C)c1ccc(OC)cc1)S(=O)(=O)c1ccccc1. The number of methoxy groups -OCH3 is 1. The number of hydrogen-bond donors (Lipinski definition) is 1. The first-order chi connectivity index (χ1) is 17.3. The van der Waals surface area contributed by atoms with Crippen molar-refractivity contribution in [3.63, 3.8) is 0 Å². The number of carbonyl (C=O) groups is 1. The van der Waals surface area contributed by atoms with Crippen LogP contribution in [0.15, 0.2) is 83.8 Å². The highest BCUT2D eigenvalue weighted by atomic mass is 32.2. The molecule has 0 aliphatic heterocycles. The van der Waals surface area contributed by atoms with Crippen molar-refractivity contribution in [2.45, 2.75) is 38.1 Å². The molecule has 3 aromatic carbocycles. The number of anilines is 1. The lowest BCUT2D eigenvalue weighted by molar-refractivity contribution is -0.120. The van der Waals surface area contributed by atoms with Gasteiger partial charge in [-0.2, -0.15) is 0 Å². The van der Waals surface area contributed by atoms with Crippen LogP contribution in [-0.2, 0) is 14.8 Å². The molecule has 8 heteroatoms. The van der Waals surface area contributed by atoms with Gasteiger partial charge in [0.05, 0.1) is 30.3 Å². The Hall–Kier alpha value is -3.52. The Kier molecular flexibility index (Phi) is 9.36. The summed E-state index contributed by atoms with van der Waals surface area (Å²) in [6.45, 7) is 5.94. The molecule has 1 N–H and O–H groups in total. The maximum absolute atomic E-state index is 13.7. The molecule has 3 aromatic rings. The van der Waals surface area contributed by atoms with Gasteiger partial charge in [-0.25, -0.2) is 8.42 Å². The summed E-state index contributed by atoms with van der Waals surface area (Å²) in [5, 5.41) is 3.05. The van der Waals surface area contributed by atoms with Crippen molar-refractivity contribution in [2.75, 3.05) is 24.6 Å². The quantitative estimate of drug-likeness (QED) is 0.362. The van der Waals surface area contributed by atoms with Crippen molar-refractivity contribution in [2.24, 2.45) is 5.92 Å². The van der Waals surface area contributed by atoms with E-state index in [2.05, 4.69) is 19.2 Å². The molecular formula is C28H34N2O5S. The third kappa shape index (κ3) is 6.79. The molecule has 0 bridgehead atoms. The molecule has 3 rings (SSSR count). The number of ether oxygens (including phenoxy) is 2. The number of sulfonamides is 1. The Balaban J connectivity index is 1.95. The molecule has 0 aliphatic rings. The Labute approximate surface area is 214 Å². The normalized spacial score (nSPS) is 12.1. The van der Waals surface area contributed by atoms with Gasteiger partial charge in [0, 0.05) is 0 Å². The average Bonchev–Trinajstić information content (AvgIpc) is 2.88. The molecule has 0 spiro atoms. The zero-order valence-electron chi connectivity index (χ0n) is 21.2. The minimum Gasteiger partial charge on any atom is -0.497 e. The maximum Gasteiger partial charge on any atom is 0.264 e. The number of benzene rings is 3. The lowest BCUT2D eigenvalue weighted by Gasteiger charge is -2.27. The molecule has 0 aromatic heterocycles. The van der Waals surface area contributed by atoms with Crippen LogP contribution in [-0.4, -0.2) is 34.6 Å². The van der Waals surface area contributed by atoms with Crippen LogP contribution in [0.5, 0.6) is 11.5 Å². The van der Waals surface area contributed by atoms with Gasteiger partial charge in [-0.05, 0) is 61.2 Å². The molecule has 0 fully saturated rings. The molecule has 1 atom stereocenters. The van der Waals surface area contributed by atoms with Crippen molar-refractivity contribution in [3.8, 4) is 11.5 Å². The van der Waals surface area contributed by atoms with E-state index in [9.17, 15) is 13.2 Å². The van der Waals surface area contributed by atoms with Gasteiger partial charge in [0.15, 0.2) is 0 Å². The lowest BCUT2D eigenvalue weighted by atomic mass is 9.97. The number of para-hydroxylation sites is 2. The largest absolute Gasteiger partial charge is 0.497 e. The van der Waals surface area contributed by atoms with Crippen molar-refractivity contribution < 1.29 is 22.7 Å². The third-order valence-corrected chi connectivity index (χ3v) is 7.39. The highest BCUT2D eigenvalue weighted by Gasteiger charge is 2.30. The molecule has 192 valence electrons. The van der Waals surface area contributed by atoms with E-state index in [0.717, 1.165) is 15.6 Å². The second kappa shape index (κ2) is 12.4. The van der Waals surface area contributed by atoms with Gasteiger partial charge in [-0.1, -0.05) is 56.3 Å². The zero-order chi connectivity index (χ0) is 26.1. The predicted molar refractivity (Wildman–Crippen MR) is 142 cm³/mol. The van der Waals surface area contributed by atoms with E-state index in [0.29, 0.717) is 30.4 Å².